The molecule has 0 N–H and O–H groups in total. The van der Waals surface area contributed by atoms with E-state index in [4.69, 9.17) is 0 Å². The molecule has 4 saturated carbocycles. The van der Waals surface area contributed by atoms with Crippen molar-refractivity contribution in [2.24, 2.45) is 58.4 Å². The van der Waals surface area contributed by atoms with Crippen molar-refractivity contribution in [2.45, 2.75) is 33.1 Å². The monoisotopic (exact) mass is 233 g/mol. The lowest BCUT2D eigenvalue weighted by Gasteiger charge is -2.43. The minimum atomic E-state index is 0.603. The van der Waals surface area contributed by atoms with Gasteiger partial charge in [0.2, 0.25) is 0 Å². The number of nitrogens with zero attached hydrogens (tertiary/aromatic N) is 1. The molecule has 0 aliphatic heterocycles. The third kappa shape index (κ3) is 1.13. The standard InChI is InChI=1S/C15H23NO/c1-7-8(2)12-5-11(7)14-9-3-10(6-16-17)13(4-9)15(12)14/h7-15H,3-6H2,1-2H3. The minimum Gasteiger partial charge on any atom is -0.151 e. The highest BCUT2D eigenvalue weighted by molar-refractivity contribution is 5.13. The molecule has 9 unspecified atom stereocenters. The van der Waals surface area contributed by atoms with Gasteiger partial charge in [0.15, 0.2) is 0 Å². The summed E-state index contributed by atoms with van der Waals surface area (Å²) >= 11 is 0. The van der Waals surface area contributed by atoms with Crippen molar-refractivity contribution < 1.29 is 0 Å². The van der Waals surface area contributed by atoms with Crippen LogP contribution in [0.4, 0.5) is 0 Å². The second-order valence-corrected chi connectivity index (χ2v) is 7.40. The van der Waals surface area contributed by atoms with Crippen LogP contribution in [0.15, 0.2) is 5.18 Å². The summed E-state index contributed by atoms with van der Waals surface area (Å²) in [6.45, 7) is 5.57. The van der Waals surface area contributed by atoms with Gasteiger partial charge in [-0.25, -0.2) is 0 Å². The summed E-state index contributed by atoms with van der Waals surface area (Å²) in [7, 11) is 0. The third-order valence-electron chi connectivity index (χ3n) is 7.29. The fourth-order valence-electron chi connectivity index (χ4n) is 6.67. The van der Waals surface area contributed by atoms with Crippen LogP contribution in [0.5, 0.6) is 0 Å². The van der Waals surface area contributed by atoms with Gasteiger partial charge in [0.25, 0.3) is 0 Å². The maximum atomic E-state index is 10.6. The molecule has 0 spiro atoms. The van der Waals surface area contributed by atoms with Gasteiger partial charge in [-0.15, -0.1) is 0 Å². The van der Waals surface area contributed by atoms with E-state index in [-0.39, 0.29) is 0 Å². The van der Waals surface area contributed by atoms with E-state index in [1.807, 2.05) is 0 Å². The van der Waals surface area contributed by atoms with Gasteiger partial charge in [-0.05, 0) is 72.5 Å². The number of nitroso groups, excluding NO2 is 1. The number of rotatable bonds is 2. The molecule has 0 heterocycles. The highest BCUT2D eigenvalue weighted by atomic mass is 16.3. The van der Waals surface area contributed by atoms with Gasteiger partial charge < -0.3 is 0 Å². The molecule has 4 aliphatic carbocycles. The largest absolute Gasteiger partial charge is 0.151 e. The Bertz CT molecular complexity index is 355. The summed E-state index contributed by atoms with van der Waals surface area (Å²) in [5.74, 6) is 8.42. The fourth-order valence-corrected chi connectivity index (χ4v) is 6.67. The molecule has 17 heavy (non-hydrogen) atoms. The van der Waals surface area contributed by atoms with E-state index in [1.54, 1.807) is 0 Å². The van der Waals surface area contributed by atoms with Crippen molar-refractivity contribution in [1.29, 1.82) is 0 Å². The van der Waals surface area contributed by atoms with Crippen molar-refractivity contribution in [3.05, 3.63) is 4.91 Å². The van der Waals surface area contributed by atoms with Crippen molar-refractivity contribution >= 4 is 0 Å². The Kier molecular flexibility index (Phi) is 2.06. The van der Waals surface area contributed by atoms with E-state index in [9.17, 15) is 4.91 Å². The fraction of sp³-hybridized carbons (Fsp3) is 1.00. The predicted molar refractivity (Wildman–Crippen MR) is 67.3 cm³/mol. The van der Waals surface area contributed by atoms with Gasteiger partial charge in [-0.3, -0.25) is 0 Å². The molecule has 4 bridgehead atoms. The SMILES string of the molecule is CC1C(C)C2CC1C1C3CC(CN=O)C(C3)C21. The lowest BCUT2D eigenvalue weighted by Crippen LogP contribution is -2.39. The smallest absolute Gasteiger partial charge is 0.0842 e. The third-order valence-corrected chi connectivity index (χ3v) is 7.29. The van der Waals surface area contributed by atoms with E-state index >= 15 is 0 Å². The molecular weight excluding hydrogens is 210 g/mol. The number of hydrogen-bond donors (Lipinski definition) is 0. The normalized spacial score (nSPS) is 63.1. The molecular formula is C15H23NO. The molecule has 2 heteroatoms. The van der Waals surface area contributed by atoms with E-state index in [0.29, 0.717) is 12.5 Å². The average Bonchev–Trinajstić information content (AvgIpc) is 2.99. The van der Waals surface area contributed by atoms with E-state index < -0.39 is 0 Å². The summed E-state index contributed by atoms with van der Waals surface area (Å²) in [5.41, 5.74) is 0. The van der Waals surface area contributed by atoms with Crippen molar-refractivity contribution in [2.75, 3.05) is 6.54 Å². The highest BCUT2D eigenvalue weighted by Crippen LogP contribution is 2.71. The predicted octanol–water partition coefficient (Wildman–Crippen LogP) is 3.56. The van der Waals surface area contributed by atoms with E-state index in [2.05, 4.69) is 19.0 Å². The summed E-state index contributed by atoms with van der Waals surface area (Å²) in [4.78, 5) is 10.6. The van der Waals surface area contributed by atoms with Crippen LogP contribution in [0.25, 0.3) is 0 Å². The maximum absolute atomic E-state index is 10.6. The Morgan fingerprint density at radius 2 is 1.65 bits per heavy atom. The molecule has 94 valence electrons. The van der Waals surface area contributed by atoms with Crippen LogP contribution in [-0.4, -0.2) is 6.54 Å². The Labute approximate surface area is 104 Å². The number of fused-ring (bicyclic) bond motifs is 9. The van der Waals surface area contributed by atoms with Crippen molar-refractivity contribution in [3.8, 4) is 0 Å². The van der Waals surface area contributed by atoms with Gasteiger partial charge in [-0.2, -0.15) is 4.91 Å². The average molecular weight is 233 g/mol. The molecule has 0 aromatic carbocycles. The van der Waals surface area contributed by atoms with Crippen LogP contribution < -0.4 is 0 Å². The first-order chi connectivity index (χ1) is 8.22. The topological polar surface area (TPSA) is 29.4 Å². The lowest BCUT2D eigenvalue weighted by atomic mass is 9.62. The Morgan fingerprint density at radius 1 is 0.941 bits per heavy atom. The molecule has 4 rings (SSSR count). The minimum absolute atomic E-state index is 0.603. The van der Waals surface area contributed by atoms with Crippen LogP contribution in [0.2, 0.25) is 0 Å². The van der Waals surface area contributed by atoms with Crippen LogP contribution in [-0.2, 0) is 0 Å². The molecule has 0 amide bonds. The number of hydrogen-bond acceptors (Lipinski definition) is 2. The summed E-state index contributed by atoms with van der Waals surface area (Å²) in [5, 5.41) is 3.20. The summed E-state index contributed by atoms with van der Waals surface area (Å²) in [6.07, 6.45) is 4.26. The molecule has 0 saturated heterocycles. The van der Waals surface area contributed by atoms with Gasteiger partial charge in [0.05, 0.1) is 6.54 Å². The van der Waals surface area contributed by atoms with Crippen molar-refractivity contribution in [3.63, 3.8) is 0 Å². The molecule has 9 atom stereocenters. The molecule has 4 aliphatic rings. The van der Waals surface area contributed by atoms with Crippen molar-refractivity contribution in [1.82, 2.24) is 0 Å². The molecule has 0 aromatic heterocycles. The zero-order valence-corrected chi connectivity index (χ0v) is 10.9. The summed E-state index contributed by atoms with van der Waals surface area (Å²) in [6, 6.07) is 0. The van der Waals surface area contributed by atoms with E-state index in [0.717, 1.165) is 47.3 Å². The zero-order chi connectivity index (χ0) is 11.7. The maximum Gasteiger partial charge on any atom is 0.0842 e. The quantitative estimate of drug-likeness (QED) is 0.529. The van der Waals surface area contributed by atoms with Gasteiger partial charge in [0, 0.05) is 0 Å². The van der Waals surface area contributed by atoms with Gasteiger partial charge >= 0.3 is 0 Å². The lowest BCUT2D eigenvalue weighted by molar-refractivity contribution is 0.0486. The Hall–Kier alpha value is -0.400. The van der Waals surface area contributed by atoms with Crippen LogP contribution in [0, 0.1) is 58.2 Å². The Morgan fingerprint density at radius 3 is 2.35 bits per heavy atom. The second kappa shape index (κ2) is 3.33. The van der Waals surface area contributed by atoms with Crippen LogP contribution >= 0.6 is 0 Å². The molecule has 0 radical (unpaired) electrons. The van der Waals surface area contributed by atoms with Crippen LogP contribution in [0.1, 0.15) is 33.1 Å². The Balaban J connectivity index is 1.63. The summed E-state index contributed by atoms with van der Waals surface area (Å²) < 4.78 is 0. The van der Waals surface area contributed by atoms with Gasteiger partial charge in [0.1, 0.15) is 0 Å². The van der Waals surface area contributed by atoms with Crippen LogP contribution in [0.3, 0.4) is 0 Å². The molecule has 4 fully saturated rings. The highest BCUT2D eigenvalue weighted by Gasteiger charge is 2.65. The molecule has 0 aromatic rings. The second-order valence-electron chi connectivity index (χ2n) is 7.40. The first kappa shape index (κ1) is 10.5. The molecule has 2 nitrogen and oxygen atoms in total. The zero-order valence-electron chi connectivity index (χ0n) is 10.9. The first-order valence-corrected chi connectivity index (χ1v) is 7.51. The first-order valence-electron chi connectivity index (χ1n) is 7.51. The van der Waals surface area contributed by atoms with Gasteiger partial charge in [-0.1, -0.05) is 19.0 Å². The van der Waals surface area contributed by atoms with E-state index in [1.165, 1.54) is 19.3 Å².